The fourth-order valence-corrected chi connectivity index (χ4v) is 1.62. The topological polar surface area (TPSA) is 55.8 Å². The van der Waals surface area contributed by atoms with Gasteiger partial charge >= 0.3 is 5.97 Å². The molecule has 1 atom stereocenters. The van der Waals surface area contributed by atoms with Crippen LogP contribution < -0.4 is 4.74 Å². The van der Waals surface area contributed by atoms with Crippen LogP contribution >= 0.6 is 0 Å². The third-order valence-electron chi connectivity index (χ3n) is 2.99. The van der Waals surface area contributed by atoms with Crippen LogP contribution in [0.3, 0.4) is 0 Å². The molecule has 0 amide bonds. The Bertz CT molecular complexity index is 409. The molecule has 0 aliphatic rings. The lowest BCUT2D eigenvalue weighted by Gasteiger charge is -2.21. The molecule has 0 spiro atoms. The van der Waals surface area contributed by atoms with E-state index in [9.17, 15) is 9.90 Å². The van der Waals surface area contributed by atoms with Crippen molar-refractivity contribution in [3.63, 3.8) is 0 Å². The van der Waals surface area contributed by atoms with E-state index < -0.39 is 11.5 Å². The molecule has 106 valence electrons. The van der Waals surface area contributed by atoms with Gasteiger partial charge in [-0.3, -0.25) is 4.79 Å². The molecule has 0 fully saturated rings. The highest BCUT2D eigenvalue weighted by molar-refractivity contribution is 5.75. The number of carbonyl (C=O) groups is 1. The van der Waals surface area contributed by atoms with Crippen LogP contribution in [0.25, 0.3) is 0 Å². The van der Waals surface area contributed by atoms with Crippen molar-refractivity contribution in [2.45, 2.75) is 33.3 Å². The number of carbonyl (C=O) groups excluding carboxylic acids is 1. The Kier molecular flexibility index (Phi) is 5.36. The average Bonchev–Trinajstić information content (AvgIpc) is 2.43. The zero-order chi connectivity index (χ0) is 14.5. The maximum absolute atomic E-state index is 11.5. The molecule has 19 heavy (non-hydrogen) atoms. The summed E-state index contributed by atoms with van der Waals surface area (Å²) in [6.07, 6.45) is 0.232. The predicted molar refractivity (Wildman–Crippen MR) is 73.0 cm³/mol. The van der Waals surface area contributed by atoms with Gasteiger partial charge in [-0.2, -0.15) is 0 Å². The summed E-state index contributed by atoms with van der Waals surface area (Å²) < 4.78 is 10.3. The first kappa shape index (κ1) is 15.5. The van der Waals surface area contributed by atoms with E-state index >= 15 is 0 Å². The average molecular weight is 266 g/mol. The number of aliphatic hydroxyl groups is 1. The van der Waals surface area contributed by atoms with Gasteiger partial charge in [-0.1, -0.05) is 19.1 Å². The molecule has 1 N–H and O–H groups in total. The molecule has 0 aliphatic carbocycles. The van der Waals surface area contributed by atoms with E-state index in [1.807, 2.05) is 19.1 Å². The highest BCUT2D eigenvalue weighted by Crippen LogP contribution is 2.23. The molecule has 4 nitrogen and oxygen atoms in total. The third kappa shape index (κ3) is 4.24. The first-order valence-corrected chi connectivity index (χ1v) is 6.40. The minimum Gasteiger partial charge on any atom is -0.492 e. The van der Waals surface area contributed by atoms with Crippen LogP contribution in [0.5, 0.6) is 5.75 Å². The van der Waals surface area contributed by atoms with E-state index in [2.05, 4.69) is 0 Å². The summed E-state index contributed by atoms with van der Waals surface area (Å²) in [7, 11) is 1.37. The summed E-state index contributed by atoms with van der Waals surface area (Å²) in [6.45, 7) is 5.71. The van der Waals surface area contributed by atoms with Crippen molar-refractivity contribution in [2.75, 3.05) is 13.7 Å². The second-order valence-corrected chi connectivity index (χ2v) is 5.16. The van der Waals surface area contributed by atoms with Gasteiger partial charge in [0.1, 0.15) is 12.4 Å². The van der Waals surface area contributed by atoms with Gasteiger partial charge in [0.05, 0.1) is 18.6 Å². The fraction of sp³-hybridized carbons (Fsp3) is 0.533. The van der Waals surface area contributed by atoms with E-state index in [1.54, 1.807) is 26.0 Å². The molecule has 0 aromatic heterocycles. The molecule has 1 rings (SSSR count). The Morgan fingerprint density at radius 2 is 1.89 bits per heavy atom. The molecular formula is C15H22O4. The van der Waals surface area contributed by atoms with Crippen molar-refractivity contribution in [1.29, 1.82) is 0 Å². The van der Waals surface area contributed by atoms with E-state index in [0.717, 1.165) is 5.56 Å². The highest BCUT2D eigenvalue weighted by Gasteiger charge is 2.29. The molecule has 0 unspecified atom stereocenters. The van der Waals surface area contributed by atoms with Crippen molar-refractivity contribution in [2.24, 2.45) is 5.41 Å². The summed E-state index contributed by atoms with van der Waals surface area (Å²) in [5.41, 5.74) is 0.179. The lowest BCUT2D eigenvalue weighted by atomic mass is 9.95. The van der Waals surface area contributed by atoms with Gasteiger partial charge in [-0.05, 0) is 38.0 Å². The summed E-state index contributed by atoms with van der Waals surface area (Å²) >= 11 is 0. The minimum atomic E-state index is -0.684. The zero-order valence-electron chi connectivity index (χ0n) is 12.0. The van der Waals surface area contributed by atoms with E-state index in [4.69, 9.17) is 9.47 Å². The maximum atomic E-state index is 11.5. The largest absolute Gasteiger partial charge is 0.492 e. The number of methoxy groups -OCH3 is 1. The first-order valence-electron chi connectivity index (χ1n) is 6.40. The van der Waals surface area contributed by atoms with Crippen LogP contribution in [0, 0.1) is 5.41 Å². The van der Waals surface area contributed by atoms with E-state index in [-0.39, 0.29) is 12.6 Å². The minimum absolute atomic E-state index is 0.245. The second-order valence-electron chi connectivity index (χ2n) is 5.16. The van der Waals surface area contributed by atoms with Crippen molar-refractivity contribution < 1.29 is 19.4 Å². The summed E-state index contributed by atoms with van der Waals surface area (Å²) in [4.78, 5) is 11.5. The standard InChI is InChI=1S/C15H22O4/c1-5-13(16)11-6-8-12(9-7-11)19-10-15(2,3)14(17)18-4/h6-9,13,16H,5,10H2,1-4H3/t13-/m0/s1. The van der Waals surface area contributed by atoms with Crippen LogP contribution in [-0.4, -0.2) is 24.8 Å². The van der Waals surface area contributed by atoms with Gasteiger partial charge in [0.25, 0.3) is 0 Å². The predicted octanol–water partition coefficient (Wildman–Crippen LogP) is 2.71. The van der Waals surface area contributed by atoms with Crippen molar-refractivity contribution in [3.05, 3.63) is 29.8 Å². The number of hydrogen-bond acceptors (Lipinski definition) is 4. The van der Waals surface area contributed by atoms with Crippen LogP contribution in [0.15, 0.2) is 24.3 Å². The van der Waals surface area contributed by atoms with Gasteiger partial charge in [0, 0.05) is 0 Å². The van der Waals surface area contributed by atoms with Crippen molar-refractivity contribution >= 4 is 5.97 Å². The Balaban J connectivity index is 2.62. The molecule has 0 saturated heterocycles. The Morgan fingerprint density at radius 3 is 2.37 bits per heavy atom. The number of ether oxygens (including phenoxy) is 2. The lowest BCUT2D eigenvalue weighted by Crippen LogP contribution is -2.32. The number of hydrogen-bond donors (Lipinski definition) is 1. The van der Waals surface area contributed by atoms with Gasteiger partial charge < -0.3 is 14.6 Å². The third-order valence-corrected chi connectivity index (χ3v) is 2.99. The number of esters is 1. The number of benzene rings is 1. The second kappa shape index (κ2) is 6.57. The van der Waals surface area contributed by atoms with Gasteiger partial charge in [-0.15, -0.1) is 0 Å². The summed E-state index contributed by atoms with van der Waals surface area (Å²) in [6, 6.07) is 7.24. The van der Waals surface area contributed by atoms with Crippen LogP contribution in [0.2, 0.25) is 0 Å². The van der Waals surface area contributed by atoms with Crippen LogP contribution in [-0.2, 0) is 9.53 Å². The molecule has 0 aliphatic heterocycles. The SMILES string of the molecule is CC[C@H](O)c1ccc(OCC(C)(C)C(=O)OC)cc1. The molecular weight excluding hydrogens is 244 g/mol. The molecule has 1 aromatic rings. The first-order chi connectivity index (χ1) is 8.90. The van der Waals surface area contributed by atoms with Crippen molar-refractivity contribution in [3.8, 4) is 5.75 Å². The molecule has 0 heterocycles. The van der Waals surface area contributed by atoms with Gasteiger partial charge in [-0.25, -0.2) is 0 Å². The fourth-order valence-electron chi connectivity index (χ4n) is 1.62. The highest BCUT2D eigenvalue weighted by atomic mass is 16.5. The van der Waals surface area contributed by atoms with Crippen molar-refractivity contribution in [1.82, 2.24) is 0 Å². The van der Waals surface area contributed by atoms with Gasteiger partial charge in [0.2, 0.25) is 0 Å². The Labute approximate surface area is 114 Å². The molecule has 4 heteroatoms. The quantitative estimate of drug-likeness (QED) is 0.804. The van der Waals surface area contributed by atoms with Crippen LogP contribution in [0.4, 0.5) is 0 Å². The molecule has 0 radical (unpaired) electrons. The number of rotatable bonds is 6. The maximum Gasteiger partial charge on any atom is 0.314 e. The van der Waals surface area contributed by atoms with E-state index in [1.165, 1.54) is 7.11 Å². The number of aliphatic hydroxyl groups excluding tert-OH is 1. The van der Waals surface area contributed by atoms with Crippen LogP contribution in [0.1, 0.15) is 38.9 Å². The van der Waals surface area contributed by atoms with Gasteiger partial charge in [0.15, 0.2) is 0 Å². The summed E-state index contributed by atoms with van der Waals surface area (Å²) in [5, 5.41) is 9.68. The zero-order valence-corrected chi connectivity index (χ0v) is 12.0. The lowest BCUT2D eigenvalue weighted by molar-refractivity contribution is -0.152. The Morgan fingerprint density at radius 1 is 1.32 bits per heavy atom. The Hall–Kier alpha value is -1.55. The normalized spacial score (nSPS) is 12.9. The monoisotopic (exact) mass is 266 g/mol. The molecule has 0 bridgehead atoms. The van der Waals surface area contributed by atoms with E-state index in [0.29, 0.717) is 12.2 Å². The smallest absolute Gasteiger partial charge is 0.314 e. The summed E-state index contributed by atoms with van der Waals surface area (Å²) in [5.74, 6) is 0.370. The molecule has 1 aromatic carbocycles. The molecule has 0 saturated carbocycles.